The van der Waals surface area contributed by atoms with Gasteiger partial charge in [0.25, 0.3) is 23.5 Å². The maximum absolute atomic E-state index is 11.6. The Bertz CT molecular complexity index is 1100. The molecule has 3 rings (SSSR count). The molecule has 0 spiro atoms. The van der Waals surface area contributed by atoms with Gasteiger partial charge in [0, 0.05) is 0 Å². The van der Waals surface area contributed by atoms with Crippen molar-refractivity contribution in [2.75, 3.05) is 12.3 Å². The molecular weight excluding hydrogens is 491 g/mol. The normalized spacial score (nSPS) is 30.0. The van der Waals surface area contributed by atoms with Crippen LogP contribution >= 0.6 is 23.5 Å². The number of anilines is 1. The third-order valence-corrected chi connectivity index (χ3v) is 7.55. The van der Waals surface area contributed by atoms with E-state index in [1.165, 1.54) is 10.9 Å². The SMILES string of the molecule is Nc1ncnc2c1[nH]c[n+]2C1OC(COP(=O)([O-])OP(=O)([O-])OP(=O)([O-])O)C(O)C1O. The van der Waals surface area contributed by atoms with E-state index >= 15 is 0 Å². The van der Waals surface area contributed by atoms with Crippen molar-refractivity contribution >= 4 is 40.4 Å². The molecule has 7 unspecified atom stereocenters. The minimum absolute atomic E-state index is 0.0795. The van der Waals surface area contributed by atoms with Crippen LogP contribution in [0.3, 0.4) is 0 Å². The van der Waals surface area contributed by atoms with Crippen molar-refractivity contribution in [3.05, 3.63) is 12.7 Å². The Hall–Kier alpha value is -1.36. The van der Waals surface area contributed by atoms with E-state index in [-0.39, 0.29) is 17.0 Å². The van der Waals surface area contributed by atoms with Gasteiger partial charge in [-0.3, -0.25) is 18.7 Å². The summed E-state index contributed by atoms with van der Waals surface area (Å²) in [6.07, 6.45) is -3.72. The number of aliphatic hydroxyl groups is 2. The predicted molar refractivity (Wildman–Crippen MR) is 87.6 cm³/mol. The quantitative estimate of drug-likeness (QED) is 0.168. The highest BCUT2D eigenvalue weighted by Crippen LogP contribution is 2.61. The molecule has 0 radical (unpaired) electrons. The summed E-state index contributed by atoms with van der Waals surface area (Å²) < 4.78 is 50.7. The Morgan fingerprint density at radius 3 is 2.48 bits per heavy atom. The zero-order chi connectivity index (χ0) is 23.2. The molecule has 18 nitrogen and oxygen atoms in total. The first kappa shape index (κ1) is 24.3. The number of phosphoric acid groups is 3. The van der Waals surface area contributed by atoms with Crippen LogP contribution in [0.4, 0.5) is 5.82 Å². The largest absolute Gasteiger partial charge is 0.756 e. The van der Waals surface area contributed by atoms with Crippen LogP contribution in [-0.4, -0.2) is 55.0 Å². The molecule has 2 aromatic rings. The molecule has 2 aromatic heterocycles. The number of ether oxygens (including phenoxy) is 1. The second kappa shape index (κ2) is 8.53. The number of nitrogen functional groups attached to an aromatic ring is 1. The van der Waals surface area contributed by atoms with Crippen molar-refractivity contribution in [1.82, 2.24) is 15.0 Å². The Morgan fingerprint density at radius 1 is 1.16 bits per heavy atom. The topological polar surface area (TPSA) is 289 Å². The maximum Gasteiger partial charge on any atom is 0.309 e. The fourth-order valence-electron chi connectivity index (χ4n) is 2.66. The number of nitrogens with one attached hydrogen (secondary N) is 1. The van der Waals surface area contributed by atoms with E-state index in [0.717, 1.165) is 6.33 Å². The number of nitrogens with zero attached hydrogens (tertiary/aromatic N) is 3. The van der Waals surface area contributed by atoms with Crippen LogP contribution in [0, 0.1) is 0 Å². The highest BCUT2D eigenvalue weighted by molar-refractivity contribution is 7.65. The molecule has 0 saturated carbocycles. The molecule has 1 aliphatic heterocycles. The van der Waals surface area contributed by atoms with Gasteiger partial charge in [-0.15, -0.1) is 0 Å². The standard InChI is InChI=1S/C10H16N5O13P3/c11-8-5-9(13-2-12-8)15(3-14-5)10-7(17)6(16)4(26-10)1-25-30(21,22)28-31(23,24)27-29(18,19)20/h2-4,6-7,10,16-17H,1H2,(H6,11,12,13,18,19,20,21,22,23,24)/p-2. The molecule has 1 fully saturated rings. The smallest absolute Gasteiger partial charge is 0.309 e. The number of hydrogen-bond donors (Lipinski definition) is 5. The maximum atomic E-state index is 11.6. The van der Waals surface area contributed by atoms with Gasteiger partial charge in [-0.1, -0.05) is 4.98 Å². The summed E-state index contributed by atoms with van der Waals surface area (Å²) in [5.41, 5.74) is 6.15. The van der Waals surface area contributed by atoms with Crippen molar-refractivity contribution in [2.45, 2.75) is 24.5 Å². The van der Waals surface area contributed by atoms with Gasteiger partial charge in [-0.25, -0.2) is 13.2 Å². The molecular formula is C10H14N5O13P3-2. The number of aromatic nitrogens is 4. The molecule has 1 saturated heterocycles. The number of hydrogen-bond acceptors (Lipinski definition) is 15. The van der Waals surface area contributed by atoms with Crippen LogP contribution in [0.5, 0.6) is 0 Å². The number of fused-ring (bicyclic) bond motifs is 1. The summed E-state index contributed by atoms with van der Waals surface area (Å²) in [5.74, 6) is 0.0795. The lowest BCUT2D eigenvalue weighted by Crippen LogP contribution is -2.45. The van der Waals surface area contributed by atoms with Gasteiger partial charge in [0.2, 0.25) is 11.7 Å². The molecule has 0 bridgehead atoms. The minimum atomic E-state index is -6.07. The molecule has 7 atom stereocenters. The third-order valence-electron chi connectivity index (χ3n) is 3.86. The summed E-state index contributed by atoms with van der Waals surface area (Å²) >= 11 is 0. The lowest BCUT2D eigenvalue weighted by molar-refractivity contribution is -0.745. The average molecular weight is 505 g/mol. The lowest BCUT2D eigenvalue weighted by Gasteiger charge is -2.33. The summed E-state index contributed by atoms with van der Waals surface area (Å²) in [7, 11) is -17.7. The van der Waals surface area contributed by atoms with Crippen molar-refractivity contribution in [3.8, 4) is 0 Å². The molecule has 6 N–H and O–H groups in total. The van der Waals surface area contributed by atoms with Crippen molar-refractivity contribution in [3.63, 3.8) is 0 Å². The number of rotatable bonds is 8. The van der Waals surface area contributed by atoms with Gasteiger partial charge in [0.1, 0.15) is 18.3 Å². The molecule has 0 amide bonds. The summed E-state index contributed by atoms with van der Waals surface area (Å²) in [6, 6.07) is 0. The van der Waals surface area contributed by atoms with E-state index in [2.05, 4.69) is 28.1 Å². The number of nitrogens with two attached hydrogens (primary N) is 1. The monoisotopic (exact) mass is 505 g/mol. The number of aromatic amines is 1. The predicted octanol–water partition coefficient (Wildman–Crippen LogP) is -4.11. The van der Waals surface area contributed by atoms with E-state index in [1.54, 1.807) is 0 Å². The summed E-state index contributed by atoms with van der Waals surface area (Å²) in [5, 5.41) is 20.4. The first-order valence-electron chi connectivity index (χ1n) is 7.92. The Labute approximate surface area is 171 Å². The molecule has 31 heavy (non-hydrogen) atoms. The summed E-state index contributed by atoms with van der Waals surface area (Å²) in [6.45, 7) is -1.05. The average Bonchev–Trinajstić information content (AvgIpc) is 3.13. The van der Waals surface area contributed by atoms with Crippen LogP contribution < -0.4 is 25.0 Å². The number of aliphatic hydroxyl groups excluding tert-OH is 2. The van der Waals surface area contributed by atoms with Crippen LogP contribution in [-0.2, 0) is 31.6 Å². The second-order valence-corrected chi connectivity index (χ2v) is 10.3. The van der Waals surface area contributed by atoms with Crippen LogP contribution in [0.1, 0.15) is 6.23 Å². The highest BCUT2D eigenvalue weighted by atomic mass is 31.3. The van der Waals surface area contributed by atoms with E-state index in [9.17, 15) is 38.6 Å². The van der Waals surface area contributed by atoms with E-state index in [0.29, 0.717) is 0 Å². The van der Waals surface area contributed by atoms with Gasteiger partial charge in [0.15, 0.2) is 18.5 Å². The zero-order valence-electron chi connectivity index (χ0n) is 14.9. The van der Waals surface area contributed by atoms with E-state index < -0.39 is 54.6 Å². The van der Waals surface area contributed by atoms with Crippen molar-refractivity contribution in [1.29, 1.82) is 0 Å². The fraction of sp³-hybridized carbons (Fsp3) is 0.500. The van der Waals surface area contributed by atoms with Gasteiger partial charge < -0.3 is 44.8 Å². The van der Waals surface area contributed by atoms with E-state index in [1.807, 2.05) is 0 Å². The Balaban J connectivity index is 1.69. The van der Waals surface area contributed by atoms with Crippen LogP contribution in [0.25, 0.3) is 11.2 Å². The van der Waals surface area contributed by atoms with Gasteiger partial charge >= 0.3 is 5.65 Å². The molecule has 174 valence electrons. The first-order chi connectivity index (χ1) is 14.2. The molecule has 21 heteroatoms. The third kappa shape index (κ3) is 5.71. The Kier molecular flexibility index (Phi) is 6.68. The molecule has 0 aliphatic carbocycles. The van der Waals surface area contributed by atoms with Gasteiger partial charge in [-0.05, 0) is 0 Å². The highest BCUT2D eigenvalue weighted by Gasteiger charge is 2.47. The van der Waals surface area contributed by atoms with Gasteiger partial charge in [0.05, 0.1) is 6.61 Å². The number of phosphoric ester groups is 1. The van der Waals surface area contributed by atoms with Crippen LogP contribution in [0.15, 0.2) is 12.7 Å². The molecule has 3 heterocycles. The lowest BCUT2D eigenvalue weighted by atomic mass is 10.1. The molecule has 1 aliphatic rings. The van der Waals surface area contributed by atoms with Crippen molar-refractivity contribution < 1.29 is 65.9 Å². The second-order valence-electron chi connectivity index (χ2n) is 6.01. The molecule has 0 aromatic carbocycles. The summed E-state index contributed by atoms with van der Waals surface area (Å²) in [4.78, 5) is 52.0. The van der Waals surface area contributed by atoms with Crippen LogP contribution in [0.2, 0.25) is 0 Å². The van der Waals surface area contributed by atoms with Gasteiger partial charge in [-0.2, -0.15) is 4.98 Å². The minimum Gasteiger partial charge on any atom is -0.756 e. The zero-order valence-corrected chi connectivity index (χ0v) is 17.5. The number of H-pyrrole nitrogens is 1. The Morgan fingerprint density at radius 2 is 1.84 bits per heavy atom. The van der Waals surface area contributed by atoms with E-state index in [4.69, 9.17) is 15.4 Å². The fourth-order valence-corrected chi connectivity index (χ4v) is 5.56. The van der Waals surface area contributed by atoms with Crippen molar-refractivity contribution in [2.24, 2.45) is 0 Å². The number of imidazole rings is 1. The first-order valence-corrected chi connectivity index (χ1v) is 12.3.